The summed E-state index contributed by atoms with van der Waals surface area (Å²) in [6, 6.07) is 0. The van der Waals surface area contributed by atoms with Gasteiger partial charge in [0, 0.05) is 7.05 Å². The first-order valence-electron chi connectivity index (χ1n) is 4.00. The monoisotopic (exact) mass is 242 g/mol. The summed E-state index contributed by atoms with van der Waals surface area (Å²) in [4.78, 5) is 0. The molecule has 0 aromatic carbocycles. The molecule has 0 saturated carbocycles. The van der Waals surface area contributed by atoms with Crippen LogP contribution >= 0.6 is 15.9 Å². The minimum absolute atomic E-state index is 0.689. The highest BCUT2D eigenvalue weighted by Gasteiger charge is 2.02. The van der Waals surface area contributed by atoms with Crippen LogP contribution in [0.15, 0.2) is 4.60 Å². The van der Waals surface area contributed by atoms with Crippen LogP contribution in [-0.2, 0) is 7.05 Å². The highest BCUT2D eigenvalue weighted by molar-refractivity contribution is 9.10. The van der Waals surface area contributed by atoms with Gasteiger partial charge in [-0.3, -0.25) is 0 Å². The summed E-state index contributed by atoms with van der Waals surface area (Å²) in [7, 11) is 1.81. The van der Waals surface area contributed by atoms with E-state index in [0.717, 1.165) is 12.2 Å². The third-order valence-electron chi connectivity index (χ3n) is 1.46. The van der Waals surface area contributed by atoms with Gasteiger partial charge in [-0.1, -0.05) is 18.1 Å². The van der Waals surface area contributed by atoms with Gasteiger partial charge in [0.15, 0.2) is 4.60 Å². The second kappa shape index (κ2) is 5.00. The van der Waals surface area contributed by atoms with Crippen molar-refractivity contribution in [2.45, 2.75) is 6.92 Å². The summed E-state index contributed by atoms with van der Waals surface area (Å²) in [6.45, 7) is 3.66. The molecule has 0 fully saturated rings. The standard InChI is InChI=1S/C8H11BrN4/c1-3-10-6-4-5-7-8(9)11-12-13(7)2/h10H,3,6H2,1-2H3. The molecule has 0 unspecified atom stereocenters. The highest BCUT2D eigenvalue weighted by Crippen LogP contribution is 2.09. The number of nitrogens with zero attached hydrogens (tertiary/aromatic N) is 3. The number of aryl methyl sites for hydroxylation is 1. The largest absolute Gasteiger partial charge is 0.306 e. The first-order chi connectivity index (χ1) is 6.25. The van der Waals surface area contributed by atoms with E-state index < -0.39 is 0 Å². The molecule has 1 aromatic rings. The van der Waals surface area contributed by atoms with E-state index in [9.17, 15) is 0 Å². The summed E-state index contributed by atoms with van der Waals surface area (Å²) in [5.74, 6) is 5.95. The molecule has 0 radical (unpaired) electrons. The lowest BCUT2D eigenvalue weighted by atomic mass is 10.4. The fraction of sp³-hybridized carbons (Fsp3) is 0.500. The Bertz CT molecular complexity index is 314. The van der Waals surface area contributed by atoms with Crippen molar-refractivity contribution in [3.05, 3.63) is 10.3 Å². The van der Waals surface area contributed by atoms with E-state index >= 15 is 0 Å². The Balaban J connectivity index is 2.65. The van der Waals surface area contributed by atoms with E-state index in [4.69, 9.17) is 0 Å². The molecule has 4 nitrogen and oxygen atoms in total. The van der Waals surface area contributed by atoms with Gasteiger partial charge in [-0.15, -0.1) is 5.10 Å². The molecule has 1 aromatic heterocycles. The van der Waals surface area contributed by atoms with Crippen LogP contribution in [0.5, 0.6) is 0 Å². The first kappa shape index (κ1) is 10.2. The van der Waals surface area contributed by atoms with Crippen LogP contribution in [-0.4, -0.2) is 28.1 Å². The minimum atomic E-state index is 0.689. The fourth-order valence-electron chi connectivity index (χ4n) is 0.780. The highest BCUT2D eigenvalue weighted by atomic mass is 79.9. The summed E-state index contributed by atoms with van der Waals surface area (Å²) in [5, 5.41) is 10.7. The van der Waals surface area contributed by atoms with Crippen LogP contribution < -0.4 is 5.32 Å². The lowest BCUT2D eigenvalue weighted by Gasteiger charge is -1.91. The van der Waals surface area contributed by atoms with Crippen molar-refractivity contribution in [3.8, 4) is 11.8 Å². The average Bonchev–Trinajstić information content (AvgIpc) is 2.42. The number of nitrogens with one attached hydrogen (secondary N) is 1. The number of hydrogen-bond donors (Lipinski definition) is 1. The van der Waals surface area contributed by atoms with Gasteiger partial charge in [0.05, 0.1) is 6.54 Å². The number of aromatic nitrogens is 3. The SMILES string of the molecule is CCNCC#Cc1c(Br)nnn1C. The molecule has 13 heavy (non-hydrogen) atoms. The average molecular weight is 243 g/mol. The Morgan fingerprint density at radius 1 is 1.62 bits per heavy atom. The first-order valence-corrected chi connectivity index (χ1v) is 4.79. The van der Waals surface area contributed by atoms with Gasteiger partial charge >= 0.3 is 0 Å². The van der Waals surface area contributed by atoms with Crippen molar-refractivity contribution in [1.82, 2.24) is 20.3 Å². The molecular weight excluding hydrogens is 232 g/mol. The van der Waals surface area contributed by atoms with Crippen LogP contribution in [0.3, 0.4) is 0 Å². The van der Waals surface area contributed by atoms with Gasteiger partial charge in [0.2, 0.25) is 0 Å². The summed E-state index contributed by atoms with van der Waals surface area (Å²) in [5.41, 5.74) is 0.804. The van der Waals surface area contributed by atoms with Crippen LogP contribution in [0, 0.1) is 11.8 Å². The van der Waals surface area contributed by atoms with E-state index in [1.807, 2.05) is 14.0 Å². The van der Waals surface area contributed by atoms with Crippen molar-refractivity contribution >= 4 is 15.9 Å². The molecule has 70 valence electrons. The van der Waals surface area contributed by atoms with Crippen LogP contribution in [0.1, 0.15) is 12.6 Å². The topological polar surface area (TPSA) is 42.7 Å². The van der Waals surface area contributed by atoms with Gasteiger partial charge < -0.3 is 5.32 Å². The molecule has 0 aliphatic carbocycles. The van der Waals surface area contributed by atoms with Crippen LogP contribution in [0.2, 0.25) is 0 Å². The molecule has 1 rings (SSSR count). The molecular formula is C8H11BrN4. The summed E-state index contributed by atoms with van der Waals surface area (Å²) >= 11 is 3.27. The fourth-order valence-corrected chi connectivity index (χ4v) is 1.21. The van der Waals surface area contributed by atoms with E-state index in [0.29, 0.717) is 11.1 Å². The van der Waals surface area contributed by atoms with E-state index in [2.05, 4.69) is 43.4 Å². The molecule has 0 atom stereocenters. The molecule has 5 heteroatoms. The summed E-state index contributed by atoms with van der Waals surface area (Å²) in [6.07, 6.45) is 0. The maximum Gasteiger partial charge on any atom is 0.164 e. The van der Waals surface area contributed by atoms with Crippen molar-refractivity contribution in [2.75, 3.05) is 13.1 Å². The number of rotatable bonds is 2. The third kappa shape index (κ3) is 2.83. The quantitative estimate of drug-likeness (QED) is 0.609. The Morgan fingerprint density at radius 2 is 2.38 bits per heavy atom. The number of halogens is 1. The van der Waals surface area contributed by atoms with E-state index in [-0.39, 0.29) is 0 Å². The Hall–Kier alpha value is -0.860. The van der Waals surface area contributed by atoms with Crippen molar-refractivity contribution in [1.29, 1.82) is 0 Å². The zero-order valence-electron chi connectivity index (χ0n) is 7.63. The van der Waals surface area contributed by atoms with Gasteiger partial charge in [0.25, 0.3) is 0 Å². The number of hydrogen-bond acceptors (Lipinski definition) is 3. The van der Waals surface area contributed by atoms with Gasteiger partial charge in [-0.2, -0.15) is 0 Å². The lowest BCUT2D eigenvalue weighted by Crippen LogP contribution is -2.12. The van der Waals surface area contributed by atoms with E-state index in [1.165, 1.54) is 0 Å². The van der Waals surface area contributed by atoms with Crippen LogP contribution in [0.25, 0.3) is 0 Å². The van der Waals surface area contributed by atoms with Crippen molar-refractivity contribution in [3.63, 3.8) is 0 Å². The Kier molecular flexibility index (Phi) is 3.93. The molecule has 0 saturated heterocycles. The molecule has 0 aliphatic rings. The van der Waals surface area contributed by atoms with Gasteiger partial charge in [-0.05, 0) is 28.4 Å². The predicted octanol–water partition coefficient (Wildman–Crippen LogP) is 0.539. The second-order valence-corrected chi connectivity index (χ2v) is 3.19. The Labute approximate surface area is 85.8 Å². The minimum Gasteiger partial charge on any atom is -0.306 e. The summed E-state index contributed by atoms with van der Waals surface area (Å²) < 4.78 is 2.34. The van der Waals surface area contributed by atoms with Crippen LogP contribution in [0.4, 0.5) is 0 Å². The Morgan fingerprint density at radius 3 is 2.92 bits per heavy atom. The zero-order chi connectivity index (χ0) is 9.68. The zero-order valence-corrected chi connectivity index (χ0v) is 9.22. The second-order valence-electron chi connectivity index (χ2n) is 2.43. The lowest BCUT2D eigenvalue weighted by molar-refractivity contribution is 0.707. The molecule has 0 spiro atoms. The third-order valence-corrected chi connectivity index (χ3v) is 1.99. The van der Waals surface area contributed by atoms with E-state index in [1.54, 1.807) is 4.68 Å². The smallest absolute Gasteiger partial charge is 0.164 e. The molecule has 0 aliphatic heterocycles. The maximum absolute atomic E-state index is 3.82. The van der Waals surface area contributed by atoms with Gasteiger partial charge in [-0.25, -0.2) is 4.68 Å². The molecule has 1 heterocycles. The van der Waals surface area contributed by atoms with Gasteiger partial charge in [0.1, 0.15) is 5.69 Å². The normalized spacial score (nSPS) is 9.46. The molecule has 0 bridgehead atoms. The molecule has 1 N–H and O–H groups in total. The molecule has 0 amide bonds. The van der Waals surface area contributed by atoms with Crippen molar-refractivity contribution in [2.24, 2.45) is 7.05 Å². The predicted molar refractivity (Wildman–Crippen MR) is 54.1 cm³/mol. The van der Waals surface area contributed by atoms with Crippen molar-refractivity contribution < 1.29 is 0 Å². The maximum atomic E-state index is 3.82.